The molecule has 1 aromatic heterocycles. The van der Waals surface area contributed by atoms with Crippen LogP contribution < -0.4 is 15.2 Å². The number of nitrogens with zero attached hydrogens (tertiary/aromatic N) is 3. The summed E-state index contributed by atoms with van der Waals surface area (Å²) in [6.45, 7) is 4.79. The Morgan fingerprint density at radius 2 is 1.97 bits per heavy atom. The molecule has 0 amide bonds. The molecule has 0 N–H and O–H groups in total. The van der Waals surface area contributed by atoms with E-state index in [-0.39, 0.29) is 11.6 Å². The molecule has 1 fully saturated rings. The lowest BCUT2D eigenvalue weighted by Gasteiger charge is -2.26. The van der Waals surface area contributed by atoms with Crippen LogP contribution in [0.15, 0.2) is 77.4 Å². The molecule has 4 aliphatic rings. The molecule has 8 nitrogen and oxygen atoms in total. The maximum absolute atomic E-state index is 13.0. The standard InChI is InChI=1S/C31H35N3O5/c35-31-32-29(39-30(23-8-3-1-4-9-23)28-22-36-18-19-38-28)21-27-26-11-10-25(20-24(26)12-16-34(27)31)37-17-7-15-33-13-5-2-6-14-33/h1,3,8,10-11,18-22,30H,2,4-7,9,12-17H2. The molecule has 0 radical (unpaired) electrons. The van der Waals surface area contributed by atoms with Crippen LogP contribution in [0.3, 0.4) is 0 Å². The molecule has 1 unspecified atom stereocenters. The molecular formula is C31H35N3O5. The van der Waals surface area contributed by atoms with E-state index in [9.17, 15) is 4.79 Å². The summed E-state index contributed by atoms with van der Waals surface area (Å²) in [6.07, 6.45) is 17.5. The summed E-state index contributed by atoms with van der Waals surface area (Å²) in [6, 6.07) is 8.00. The Kier molecular flexibility index (Phi) is 7.81. The Morgan fingerprint density at radius 1 is 1.05 bits per heavy atom. The van der Waals surface area contributed by atoms with Crippen LogP contribution in [0.25, 0.3) is 11.3 Å². The van der Waals surface area contributed by atoms with Gasteiger partial charge in [-0.15, -0.1) is 0 Å². The van der Waals surface area contributed by atoms with Gasteiger partial charge >= 0.3 is 5.69 Å². The van der Waals surface area contributed by atoms with E-state index in [4.69, 9.17) is 18.9 Å². The van der Waals surface area contributed by atoms with Crippen LogP contribution in [0.1, 0.15) is 44.1 Å². The highest BCUT2D eigenvalue weighted by Gasteiger charge is 2.27. The molecule has 0 bridgehead atoms. The van der Waals surface area contributed by atoms with Gasteiger partial charge in [-0.05, 0) is 81.0 Å². The van der Waals surface area contributed by atoms with Gasteiger partial charge in [0.05, 0.1) is 12.3 Å². The Balaban J connectivity index is 1.19. The number of aryl methyl sites for hydroxylation is 1. The molecule has 3 aliphatic heterocycles. The summed E-state index contributed by atoms with van der Waals surface area (Å²) in [5.41, 5.74) is 3.67. The van der Waals surface area contributed by atoms with Gasteiger partial charge in [0, 0.05) is 24.7 Å². The minimum Gasteiger partial charge on any atom is -0.494 e. The van der Waals surface area contributed by atoms with Gasteiger partial charge in [0.25, 0.3) is 0 Å². The predicted octanol–water partition coefficient (Wildman–Crippen LogP) is 5.10. The van der Waals surface area contributed by atoms with Gasteiger partial charge in [0.2, 0.25) is 5.88 Å². The first-order chi connectivity index (χ1) is 19.2. The third-order valence-electron chi connectivity index (χ3n) is 7.68. The van der Waals surface area contributed by atoms with Gasteiger partial charge in [-0.2, -0.15) is 4.98 Å². The summed E-state index contributed by atoms with van der Waals surface area (Å²) >= 11 is 0. The molecule has 1 aliphatic carbocycles. The van der Waals surface area contributed by atoms with Crippen LogP contribution >= 0.6 is 0 Å². The second-order valence-corrected chi connectivity index (χ2v) is 10.3. The predicted molar refractivity (Wildman–Crippen MR) is 148 cm³/mol. The van der Waals surface area contributed by atoms with Crippen molar-refractivity contribution in [1.82, 2.24) is 14.5 Å². The molecule has 0 saturated carbocycles. The first-order valence-corrected chi connectivity index (χ1v) is 14.0. The smallest absolute Gasteiger partial charge is 0.351 e. The van der Waals surface area contributed by atoms with Gasteiger partial charge in [-0.25, -0.2) is 4.79 Å². The first-order valence-electron chi connectivity index (χ1n) is 14.0. The fourth-order valence-electron chi connectivity index (χ4n) is 5.67. The van der Waals surface area contributed by atoms with Crippen LogP contribution in [0, 0.1) is 0 Å². The number of hydrogen-bond donors (Lipinski definition) is 0. The average Bonchev–Trinajstić information content (AvgIpc) is 2.99. The number of rotatable bonds is 9. The van der Waals surface area contributed by atoms with Crippen molar-refractivity contribution in [3.8, 4) is 22.9 Å². The zero-order chi connectivity index (χ0) is 26.4. The third-order valence-corrected chi connectivity index (χ3v) is 7.68. The monoisotopic (exact) mass is 529 g/mol. The summed E-state index contributed by atoms with van der Waals surface area (Å²) in [4.78, 5) is 19.8. The van der Waals surface area contributed by atoms with Crippen LogP contribution in [0.4, 0.5) is 0 Å². The normalized spacial score (nSPS) is 19.1. The van der Waals surface area contributed by atoms with Crippen LogP contribution in [-0.4, -0.2) is 46.8 Å². The Hall–Kier alpha value is -3.78. The number of hydrogen-bond acceptors (Lipinski definition) is 7. The van der Waals surface area contributed by atoms with Crippen molar-refractivity contribution in [2.75, 3.05) is 26.2 Å². The van der Waals surface area contributed by atoms with Crippen molar-refractivity contribution in [3.63, 3.8) is 0 Å². The molecule has 6 rings (SSSR count). The molecule has 2 aromatic rings. The molecule has 4 heterocycles. The highest BCUT2D eigenvalue weighted by Crippen LogP contribution is 2.34. The van der Waals surface area contributed by atoms with Crippen molar-refractivity contribution in [1.29, 1.82) is 0 Å². The van der Waals surface area contributed by atoms with E-state index < -0.39 is 6.10 Å². The molecule has 1 atom stereocenters. The Morgan fingerprint density at radius 3 is 2.79 bits per heavy atom. The first kappa shape index (κ1) is 25.5. The number of benzene rings is 1. The largest absolute Gasteiger partial charge is 0.494 e. The maximum atomic E-state index is 13.0. The van der Waals surface area contributed by atoms with Crippen LogP contribution in [0.5, 0.6) is 11.6 Å². The SMILES string of the molecule is O=c1nc(OC(C2=CC=CCC2)C2=COC=CO2)cc2n1CCc1cc(OCCCN3CCCCC3)ccc1-2. The van der Waals surface area contributed by atoms with Crippen molar-refractivity contribution in [3.05, 3.63) is 88.7 Å². The molecule has 8 heteroatoms. The number of fused-ring (bicyclic) bond motifs is 3. The van der Waals surface area contributed by atoms with Crippen molar-refractivity contribution in [2.45, 2.75) is 57.6 Å². The van der Waals surface area contributed by atoms with Crippen molar-refractivity contribution in [2.24, 2.45) is 0 Å². The lowest BCUT2D eigenvalue weighted by atomic mass is 9.97. The topological polar surface area (TPSA) is 75.0 Å². The van der Waals surface area contributed by atoms with Gasteiger partial charge in [-0.3, -0.25) is 4.57 Å². The molecule has 1 saturated heterocycles. The van der Waals surface area contributed by atoms with E-state index in [1.54, 1.807) is 4.57 Å². The quantitative estimate of drug-likeness (QED) is 0.418. The van der Waals surface area contributed by atoms with Gasteiger partial charge in [0.15, 0.2) is 11.9 Å². The molecule has 0 spiro atoms. The molecule has 1 aromatic carbocycles. The summed E-state index contributed by atoms with van der Waals surface area (Å²) in [7, 11) is 0. The Bertz CT molecular complexity index is 1370. The lowest BCUT2D eigenvalue weighted by Crippen LogP contribution is -2.31. The van der Waals surface area contributed by atoms with Gasteiger partial charge in [0.1, 0.15) is 24.5 Å². The third kappa shape index (κ3) is 5.96. The van der Waals surface area contributed by atoms with Crippen molar-refractivity contribution >= 4 is 0 Å². The minimum absolute atomic E-state index is 0.261. The van der Waals surface area contributed by atoms with Crippen LogP contribution in [0.2, 0.25) is 0 Å². The lowest BCUT2D eigenvalue weighted by molar-refractivity contribution is 0.154. The van der Waals surface area contributed by atoms with E-state index in [1.807, 2.05) is 30.4 Å². The number of ether oxygens (including phenoxy) is 4. The highest BCUT2D eigenvalue weighted by molar-refractivity contribution is 5.67. The second-order valence-electron chi connectivity index (χ2n) is 10.3. The molecule has 204 valence electrons. The summed E-state index contributed by atoms with van der Waals surface area (Å²) < 4.78 is 25.2. The summed E-state index contributed by atoms with van der Waals surface area (Å²) in [5, 5.41) is 0. The fraction of sp³-hybridized carbons (Fsp3) is 0.419. The van der Waals surface area contributed by atoms with Crippen LogP contribution in [-0.2, 0) is 22.4 Å². The molecular weight excluding hydrogens is 494 g/mol. The van der Waals surface area contributed by atoms with Gasteiger partial charge < -0.3 is 23.8 Å². The number of aromatic nitrogens is 2. The Labute approximate surface area is 228 Å². The maximum Gasteiger partial charge on any atom is 0.351 e. The number of likely N-dealkylation sites (tertiary alicyclic amines) is 1. The van der Waals surface area contributed by atoms with Crippen molar-refractivity contribution < 1.29 is 18.9 Å². The minimum atomic E-state index is -0.543. The fourth-order valence-corrected chi connectivity index (χ4v) is 5.67. The molecule has 39 heavy (non-hydrogen) atoms. The van der Waals surface area contributed by atoms with E-state index >= 15 is 0 Å². The zero-order valence-corrected chi connectivity index (χ0v) is 22.2. The summed E-state index contributed by atoms with van der Waals surface area (Å²) in [5.74, 6) is 1.65. The zero-order valence-electron chi connectivity index (χ0n) is 22.2. The second kappa shape index (κ2) is 11.9. The highest BCUT2D eigenvalue weighted by atomic mass is 16.6. The van der Waals surface area contributed by atoms with E-state index in [0.717, 1.165) is 60.4 Å². The number of piperidine rings is 1. The number of allylic oxidation sites excluding steroid dienone is 3. The van der Waals surface area contributed by atoms with E-state index in [2.05, 4.69) is 22.0 Å². The van der Waals surface area contributed by atoms with Gasteiger partial charge in [-0.1, -0.05) is 24.6 Å². The average molecular weight is 530 g/mol. The van der Waals surface area contributed by atoms with E-state index in [0.29, 0.717) is 18.9 Å². The van der Waals surface area contributed by atoms with E-state index in [1.165, 1.54) is 51.1 Å².